The Morgan fingerprint density at radius 3 is 2.81 bits per heavy atom. The number of anilines is 1. The van der Waals surface area contributed by atoms with E-state index in [1.54, 1.807) is 22.7 Å². The molecule has 0 spiro atoms. The fourth-order valence-corrected chi connectivity index (χ4v) is 7.08. The molecule has 1 aromatic carbocycles. The van der Waals surface area contributed by atoms with Crippen molar-refractivity contribution in [3.63, 3.8) is 0 Å². The van der Waals surface area contributed by atoms with Crippen LogP contribution in [0.25, 0.3) is 0 Å². The van der Waals surface area contributed by atoms with Gasteiger partial charge >= 0.3 is 0 Å². The summed E-state index contributed by atoms with van der Waals surface area (Å²) in [5.41, 5.74) is 0.284. The lowest BCUT2D eigenvalue weighted by Crippen LogP contribution is -2.48. The van der Waals surface area contributed by atoms with Crippen LogP contribution in [0, 0.1) is 0 Å². The summed E-state index contributed by atoms with van der Waals surface area (Å²) in [7, 11) is -3.73. The van der Waals surface area contributed by atoms with E-state index in [9.17, 15) is 18.0 Å². The maximum absolute atomic E-state index is 13.1. The predicted molar refractivity (Wildman–Crippen MR) is 117 cm³/mol. The van der Waals surface area contributed by atoms with Crippen molar-refractivity contribution in [2.24, 2.45) is 0 Å². The molecule has 1 N–H and O–H groups in total. The zero-order valence-electron chi connectivity index (χ0n) is 17.6. The van der Waals surface area contributed by atoms with Crippen LogP contribution in [0.1, 0.15) is 26.7 Å². The molecule has 3 aliphatic rings. The van der Waals surface area contributed by atoms with Crippen molar-refractivity contribution in [1.29, 1.82) is 0 Å². The van der Waals surface area contributed by atoms with Crippen LogP contribution in [0.3, 0.4) is 0 Å². The molecule has 0 aromatic heterocycles. The summed E-state index contributed by atoms with van der Waals surface area (Å²) in [6.07, 6.45) is 1.16. The van der Waals surface area contributed by atoms with E-state index in [1.165, 1.54) is 16.4 Å². The van der Waals surface area contributed by atoms with E-state index in [4.69, 9.17) is 9.47 Å². The second kappa shape index (κ2) is 8.61. The molecule has 11 heteroatoms. The van der Waals surface area contributed by atoms with E-state index in [0.29, 0.717) is 37.7 Å². The molecule has 3 heterocycles. The van der Waals surface area contributed by atoms with Crippen molar-refractivity contribution in [3.8, 4) is 5.75 Å². The fraction of sp³-hybridized carbons (Fsp3) is 0.600. The van der Waals surface area contributed by atoms with E-state index in [1.807, 2.05) is 13.8 Å². The third-order valence-electron chi connectivity index (χ3n) is 5.86. The van der Waals surface area contributed by atoms with Gasteiger partial charge in [0, 0.05) is 25.3 Å². The van der Waals surface area contributed by atoms with Crippen LogP contribution in [-0.2, 0) is 24.3 Å². The number of fused-ring (bicyclic) bond motifs is 1. The molecule has 3 saturated heterocycles. The Balaban J connectivity index is 1.60. The number of thioether (sulfide) groups is 1. The normalized spacial score (nSPS) is 26.7. The molecule has 3 aliphatic heterocycles. The largest absolute Gasteiger partial charge is 0.492 e. The molecule has 170 valence electrons. The highest BCUT2D eigenvalue weighted by Crippen LogP contribution is 2.47. The molecule has 0 saturated carbocycles. The van der Waals surface area contributed by atoms with Crippen molar-refractivity contribution >= 4 is 39.3 Å². The van der Waals surface area contributed by atoms with Gasteiger partial charge in [-0.25, -0.2) is 8.42 Å². The number of benzene rings is 1. The summed E-state index contributed by atoms with van der Waals surface area (Å²) >= 11 is 1.61. The van der Waals surface area contributed by atoms with Crippen LogP contribution >= 0.6 is 11.8 Å². The number of rotatable bonds is 6. The van der Waals surface area contributed by atoms with Gasteiger partial charge in [-0.3, -0.25) is 9.59 Å². The Kier molecular flexibility index (Phi) is 6.21. The van der Waals surface area contributed by atoms with Crippen molar-refractivity contribution < 1.29 is 27.5 Å². The van der Waals surface area contributed by atoms with E-state index < -0.39 is 16.1 Å². The summed E-state index contributed by atoms with van der Waals surface area (Å²) in [6, 6.07) is 3.87. The first-order valence-corrected chi connectivity index (χ1v) is 12.8. The van der Waals surface area contributed by atoms with E-state index >= 15 is 0 Å². The average Bonchev–Trinajstić information content (AvgIpc) is 3.25. The number of sulfonamides is 1. The second-order valence-corrected chi connectivity index (χ2v) is 11.3. The molecule has 0 aliphatic carbocycles. The van der Waals surface area contributed by atoms with Gasteiger partial charge in [0.25, 0.3) is 0 Å². The number of amides is 2. The lowest BCUT2D eigenvalue weighted by atomic mass is 10.2. The maximum Gasteiger partial charge on any atom is 0.248 e. The number of nitrogens with one attached hydrogen (secondary N) is 1. The van der Waals surface area contributed by atoms with Crippen LogP contribution in [-0.4, -0.2) is 79.0 Å². The first-order valence-electron chi connectivity index (χ1n) is 10.4. The predicted octanol–water partition coefficient (Wildman–Crippen LogP) is 1.50. The smallest absolute Gasteiger partial charge is 0.248 e. The maximum atomic E-state index is 13.1. The fourth-order valence-electron chi connectivity index (χ4n) is 4.22. The van der Waals surface area contributed by atoms with Crippen LogP contribution in [0.15, 0.2) is 23.1 Å². The summed E-state index contributed by atoms with van der Waals surface area (Å²) in [4.78, 5) is 26.9. The van der Waals surface area contributed by atoms with Gasteiger partial charge in [0.1, 0.15) is 11.8 Å². The van der Waals surface area contributed by atoms with Gasteiger partial charge in [-0.1, -0.05) is 0 Å². The Hall–Kier alpha value is -1.82. The van der Waals surface area contributed by atoms with Gasteiger partial charge < -0.3 is 19.7 Å². The van der Waals surface area contributed by atoms with Crippen molar-refractivity contribution in [2.45, 2.75) is 42.5 Å². The SMILES string of the molecule is CCOc1ccc(S(=O)(=O)N2CCOCC2)cc1NC(=O)[C@H]1CS[C@@]2(C)CCC(=O)N12. The summed E-state index contributed by atoms with van der Waals surface area (Å²) in [5.74, 6) is 0.525. The van der Waals surface area contributed by atoms with Crippen molar-refractivity contribution in [2.75, 3.05) is 44.0 Å². The van der Waals surface area contributed by atoms with Crippen molar-refractivity contribution in [1.82, 2.24) is 9.21 Å². The zero-order valence-corrected chi connectivity index (χ0v) is 19.3. The highest BCUT2D eigenvalue weighted by Gasteiger charge is 2.53. The van der Waals surface area contributed by atoms with Crippen LogP contribution in [0.4, 0.5) is 5.69 Å². The third-order valence-corrected chi connectivity index (χ3v) is 9.26. The first-order chi connectivity index (χ1) is 14.8. The minimum Gasteiger partial charge on any atom is -0.492 e. The molecule has 2 amide bonds. The van der Waals surface area contributed by atoms with Gasteiger partial charge in [0.05, 0.1) is 35.3 Å². The monoisotopic (exact) mass is 469 g/mol. The molecular formula is C20H27N3O6S2. The van der Waals surface area contributed by atoms with Gasteiger partial charge in [-0.15, -0.1) is 11.8 Å². The molecule has 1 aromatic rings. The van der Waals surface area contributed by atoms with E-state index in [0.717, 1.165) is 6.42 Å². The number of hydrogen-bond acceptors (Lipinski definition) is 7. The van der Waals surface area contributed by atoms with Crippen LogP contribution < -0.4 is 10.1 Å². The van der Waals surface area contributed by atoms with Gasteiger partial charge in [-0.2, -0.15) is 4.31 Å². The molecule has 0 unspecified atom stereocenters. The van der Waals surface area contributed by atoms with Crippen molar-refractivity contribution in [3.05, 3.63) is 18.2 Å². The molecule has 2 atom stereocenters. The molecule has 0 radical (unpaired) electrons. The summed E-state index contributed by atoms with van der Waals surface area (Å²) < 4.78 is 38.3. The topological polar surface area (TPSA) is 105 Å². The summed E-state index contributed by atoms with van der Waals surface area (Å²) in [5, 5.41) is 2.82. The molecule has 0 bridgehead atoms. The molecular weight excluding hydrogens is 442 g/mol. The van der Waals surface area contributed by atoms with Crippen LogP contribution in [0.2, 0.25) is 0 Å². The second-order valence-electron chi connectivity index (χ2n) is 7.86. The lowest BCUT2D eigenvalue weighted by Gasteiger charge is -2.30. The Labute approximate surface area is 186 Å². The highest BCUT2D eigenvalue weighted by molar-refractivity contribution is 8.01. The minimum absolute atomic E-state index is 0.0265. The van der Waals surface area contributed by atoms with E-state index in [-0.39, 0.29) is 40.4 Å². The molecule has 9 nitrogen and oxygen atoms in total. The van der Waals surface area contributed by atoms with Gasteiger partial charge in [0.2, 0.25) is 21.8 Å². The zero-order chi connectivity index (χ0) is 22.2. The lowest BCUT2D eigenvalue weighted by molar-refractivity contribution is -0.135. The standard InChI is InChI=1S/C20H27N3O6S2/c1-3-29-17-5-4-14(31(26,27)22-8-10-28-11-9-22)12-15(17)21-19(25)16-13-30-20(2)7-6-18(24)23(16)20/h4-5,12,16H,3,6-11,13H2,1-2H3,(H,21,25)/t16-,20+/m1/s1. The third kappa shape index (κ3) is 4.15. The molecule has 3 fully saturated rings. The molecule has 4 rings (SSSR count). The Morgan fingerprint density at radius 1 is 1.35 bits per heavy atom. The first kappa shape index (κ1) is 22.4. The average molecular weight is 470 g/mol. The Bertz CT molecular complexity index is 979. The number of carbonyl (C=O) groups is 2. The summed E-state index contributed by atoms with van der Waals surface area (Å²) in [6.45, 7) is 5.42. The van der Waals surface area contributed by atoms with Crippen LogP contribution in [0.5, 0.6) is 5.75 Å². The number of ether oxygens (including phenoxy) is 2. The quantitative estimate of drug-likeness (QED) is 0.673. The number of nitrogens with zero attached hydrogens (tertiary/aromatic N) is 2. The van der Waals surface area contributed by atoms with E-state index in [2.05, 4.69) is 5.32 Å². The van der Waals surface area contributed by atoms with Gasteiger partial charge in [0.15, 0.2) is 0 Å². The number of hydrogen-bond donors (Lipinski definition) is 1. The molecule has 31 heavy (non-hydrogen) atoms. The number of carbonyl (C=O) groups excluding carboxylic acids is 2. The Morgan fingerprint density at radius 2 is 2.10 bits per heavy atom. The minimum atomic E-state index is -3.73. The van der Waals surface area contributed by atoms with Gasteiger partial charge in [-0.05, 0) is 38.5 Å². The number of morpholine rings is 1. The highest BCUT2D eigenvalue weighted by atomic mass is 32.2.